The fraction of sp³-hybridized carbons (Fsp3) is 0.222. The number of hydrogen-bond donors (Lipinski definition) is 2. The van der Waals surface area contributed by atoms with Gasteiger partial charge < -0.3 is 5.32 Å². The molecule has 1 aromatic carbocycles. The lowest BCUT2D eigenvalue weighted by Gasteiger charge is -2.03. The van der Waals surface area contributed by atoms with Crippen molar-refractivity contribution in [2.24, 2.45) is 0 Å². The molecular formula is C9H12N2O2. The molecule has 1 aromatic rings. The van der Waals surface area contributed by atoms with Gasteiger partial charge >= 0.3 is 0 Å². The highest BCUT2D eigenvalue weighted by molar-refractivity contribution is 5.93. The van der Waals surface area contributed by atoms with Crippen molar-refractivity contribution in [1.29, 1.82) is 0 Å². The van der Waals surface area contributed by atoms with E-state index in [2.05, 4.69) is 15.6 Å². The van der Waals surface area contributed by atoms with Gasteiger partial charge in [0.1, 0.15) is 0 Å². The highest BCUT2D eigenvalue weighted by Gasteiger charge is 2.02. The molecule has 0 unspecified atom stereocenters. The van der Waals surface area contributed by atoms with Gasteiger partial charge in [-0.05, 0) is 24.3 Å². The fourth-order valence-corrected chi connectivity index (χ4v) is 0.940. The van der Waals surface area contributed by atoms with Gasteiger partial charge in [-0.3, -0.25) is 9.63 Å². The highest BCUT2D eigenvalue weighted by atomic mass is 16.6. The third kappa shape index (κ3) is 2.45. The second kappa shape index (κ2) is 4.47. The van der Waals surface area contributed by atoms with E-state index in [0.29, 0.717) is 5.56 Å². The fourth-order valence-electron chi connectivity index (χ4n) is 0.940. The predicted molar refractivity (Wildman–Crippen MR) is 50.5 cm³/mol. The number of hydroxylamine groups is 1. The highest BCUT2D eigenvalue weighted by Crippen LogP contribution is 2.07. The van der Waals surface area contributed by atoms with Gasteiger partial charge in [0.15, 0.2) is 0 Å². The van der Waals surface area contributed by atoms with Crippen LogP contribution in [0.3, 0.4) is 0 Å². The molecule has 2 N–H and O–H groups in total. The molecule has 0 aromatic heterocycles. The molecule has 0 saturated heterocycles. The molecule has 13 heavy (non-hydrogen) atoms. The molecule has 0 aliphatic heterocycles. The van der Waals surface area contributed by atoms with E-state index in [9.17, 15) is 4.79 Å². The van der Waals surface area contributed by atoms with Crippen LogP contribution < -0.4 is 10.8 Å². The summed E-state index contributed by atoms with van der Waals surface area (Å²) in [5, 5.41) is 2.96. The van der Waals surface area contributed by atoms with E-state index >= 15 is 0 Å². The Morgan fingerprint density at radius 3 is 2.38 bits per heavy atom. The Hall–Kier alpha value is -1.55. The lowest BCUT2D eigenvalue weighted by molar-refractivity contribution is 0.0537. The molecule has 0 aliphatic carbocycles. The monoisotopic (exact) mass is 180 g/mol. The second-order valence-electron chi connectivity index (χ2n) is 2.46. The van der Waals surface area contributed by atoms with Crippen molar-refractivity contribution in [3.05, 3.63) is 29.8 Å². The molecular weight excluding hydrogens is 168 g/mol. The summed E-state index contributed by atoms with van der Waals surface area (Å²) in [7, 11) is 3.23. The third-order valence-electron chi connectivity index (χ3n) is 1.63. The maximum Gasteiger partial charge on any atom is 0.274 e. The average Bonchev–Trinajstić information content (AvgIpc) is 2.18. The van der Waals surface area contributed by atoms with Crippen LogP contribution in [0.4, 0.5) is 5.69 Å². The smallest absolute Gasteiger partial charge is 0.274 e. The Balaban J connectivity index is 2.74. The minimum absolute atomic E-state index is 0.245. The molecule has 1 rings (SSSR count). The first-order valence-corrected chi connectivity index (χ1v) is 3.89. The van der Waals surface area contributed by atoms with E-state index in [1.54, 1.807) is 12.1 Å². The van der Waals surface area contributed by atoms with E-state index < -0.39 is 0 Å². The molecule has 0 spiro atoms. The number of anilines is 1. The van der Waals surface area contributed by atoms with Gasteiger partial charge in [-0.25, -0.2) is 5.48 Å². The van der Waals surface area contributed by atoms with E-state index in [-0.39, 0.29) is 5.91 Å². The first kappa shape index (κ1) is 9.54. The van der Waals surface area contributed by atoms with Crippen molar-refractivity contribution >= 4 is 11.6 Å². The maximum atomic E-state index is 11.2. The lowest BCUT2D eigenvalue weighted by atomic mass is 10.2. The predicted octanol–water partition coefficient (Wildman–Crippen LogP) is 1.02. The molecule has 0 radical (unpaired) electrons. The first-order valence-electron chi connectivity index (χ1n) is 3.89. The summed E-state index contributed by atoms with van der Waals surface area (Å²) in [5.41, 5.74) is 3.78. The van der Waals surface area contributed by atoms with Crippen LogP contribution in [-0.4, -0.2) is 20.1 Å². The van der Waals surface area contributed by atoms with Gasteiger partial charge in [-0.15, -0.1) is 0 Å². The molecule has 0 saturated carbocycles. The number of benzene rings is 1. The Bertz CT molecular complexity index is 282. The third-order valence-corrected chi connectivity index (χ3v) is 1.63. The normalized spacial score (nSPS) is 9.38. The van der Waals surface area contributed by atoms with Crippen molar-refractivity contribution in [3.8, 4) is 0 Å². The number of nitrogens with one attached hydrogen (secondary N) is 2. The topological polar surface area (TPSA) is 50.4 Å². The zero-order chi connectivity index (χ0) is 9.68. The number of carbonyl (C=O) groups excluding carboxylic acids is 1. The molecule has 70 valence electrons. The van der Waals surface area contributed by atoms with Gasteiger partial charge in [-0.2, -0.15) is 0 Å². The molecule has 4 heteroatoms. The zero-order valence-electron chi connectivity index (χ0n) is 7.63. The Labute approximate surface area is 76.9 Å². The van der Waals surface area contributed by atoms with Crippen molar-refractivity contribution in [3.63, 3.8) is 0 Å². The van der Waals surface area contributed by atoms with Crippen LogP contribution >= 0.6 is 0 Å². The number of rotatable bonds is 3. The molecule has 1 amide bonds. The Kier molecular flexibility index (Phi) is 3.28. The standard InChI is InChI=1S/C9H12N2O2/c1-10-8-5-3-7(4-6-8)9(12)11-13-2/h3-6,10H,1-2H3,(H,11,12). The average molecular weight is 180 g/mol. The van der Waals surface area contributed by atoms with Crippen LogP contribution in [0.15, 0.2) is 24.3 Å². The number of amides is 1. The summed E-state index contributed by atoms with van der Waals surface area (Å²) >= 11 is 0. The number of hydrogen-bond acceptors (Lipinski definition) is 3. The summed E-state index contributed by atoms with van der Waals surface area (Å²) in [4.78, 5) is 15.7. The van der Waals surface area contributed by atoms with Crippen molar-refractivity contribution in [1.82, 2.24) is 5.48 Å². The van der Waals surface area contributed by atoms with E-state index in [1.165, 1.54) is 7.11 Å². The summed E-state index contributed by atoms with van der Waals surface area (Å²) in [6.45, 7) is 0. The zero-order valence-corrected chi connectivity index (χ0v) is 7.63. The SMILES string of the molecule is CNc1ccc(C(=O)NOC)cc1. The van der Waals surface area contributed by atoms with Gasteiger partial charge in [0.25, 0.3) is 5.91 Å². The summed E-state index contributed by atoms with van der Waals surface area (Å²) in [6.07, 6.45) is 0. The molecule has 0 fully saturated rings. The summed E-state index contributed by atoms with van der Waals surface area (Å²) in [5.74, 6) is -0.245. The largest absolute Gasteiger partial charge is 0.388 e. The van der Waals surface area contributed by atoms with Crippen molar-refractivity contribution in [2.75, 3.05) is 19.5 Å². The van der Waals surface area contributed by atoms with Crippen LogP contribution in [-0.2, 0) is 4.84 Å². The van der Waals surface area contributed by atoms with Crippen LogP contribution in [0.25, 0.3) is 0 Å². The molecule has 0 atom stereocenters. The van der Waals surface area contributed by atoms with Gasteiger partial charge in [0.2, 0.25) is 0 Å². The van der Waals surface area contributed by atoms with Gasteiger partial charge in [0, 0.05) is 18.3 Å². The molecule has 0 bridgehead atoms. The van der Waals surface area contributed by atoms with E-state index in [1.807, 2.05) is 19.2 Å². The molecule has 0 aliphatic rings. The van der Waals surface area contributed by atoms with Crippen molar-refractivity contribution in [2.45, 2.75) is 0 Å². The Morgan fingerprint density at radius 1 is 1.31 bits per heavy atom. The quantitative estimate of drug-likeness (QED) is 0.683. The first-order chi connectivity index (χ1) is 6.27. The van der Waals surface area contributed by atoms with Crippen LogP contribution in [0, 0.1) is 0 Å². The molecule has 4 nitrogen and oxygen atoms in total. The van der Waals surface area contributed by atoms with E-state index in [4.69, 9.17) is 0 Å². The lowest BCUT2D eigenvalue weighted by Crippen LogP contribution is -2.21. The van der Waals surface area contributed by atoms with Crippen LogP contribution in [0.2, 0.25) is 0 Å². The van der Waals surface area contributed by atoms with Gasteiger partial charge in [0.05, 0.1) is 7.11 Å². The van der Waals surface area contributed by atoms with Crippen LogP contribution in [0.1, 0.15) is 10.4 Å². The summed E-state index contributed by atoms with van der Waals surface area (Å²) in [6, 6.07) is 7.09. The van der Waals surface area contributed by atoms with Crippen molar-refractivity contribution < 1.29 is 9.63 Å². The summed E-state index contributed by atoms with van der Waals surface area (Å²) < 4.78 is 0. The second-order valence-corrected chi connectivity index (χ2v) is 2.46. The maximum absolute atomic E-state index is 11.2. The van der Waals surface area contributed by atoms with Gasteiger partial charge in [-0.1, -0.05) is 0 Å². The number of carbonyl (C=O) groups is 1. The Morgan fingerprint density at radius 2 is 1.92 bits per heavy atom. The minimum atomic E-state index is -0.245. The molecule has 0 heterocycles. The minimum Gasteiger partial charge on any atom is -0.388 e. The van der Waals surface area contributed by atoms with Crippen LogP contribution in [0.5, 0.6) is 0 Å². The van der Waals surface area contributed by atoms with E-state index in [0.717, 1.165) is 5.69 Å².